The first-order valence-electron chi connectivity index (χ1n) is 12.1. The summed E-state index contributed by atoms with van der Waals surface area (Å²) in [7, 11) is -3.04. The monoisotopic (exact) mass is 538 g/mol. The molecule has 1 saturated heterocycles. The third-order valence-electron chi connectivity index (χ3n) is 6.02. The number of piperidine rings is 1. The van der Waals surface area contributed by atoms with E-state index in [1.54, 1.807) is 12.1 Å². The zero-order valence-electron chi connectivity index (χ0n) is 21.5. The third-order valence-corrected chi connectivity index (χ3v) is 9.78. The lowest BCUT2D eigenvalue weighted by Gasteiger charge is -2.43. The highest BCUT2D eigenvalue weighted by molar-refractivity contribution is 7.58. The Hall–Kier alpha value is -1.36. The summed E-state index contributed by atoms with van der Waals surface area (Å²) in [6, 6.07) is 12.8. The number of nitrogens with zero attached hydrogens (tertiary/aromatic N) is 1. The molecule has 2 aromatic rings. The zero-order valence-corrected chi connectivity index (χ0v) is 23.9. The lowest BCUT2D eigenvalue weighted by atomic mass is 9.99. The highest BCUT2D eigenvalue weighted by Crippen LogP contribution is 2.62. The van der Waals surface area contributed by atoms with Crippen molar-refractivity contribution in [3.05, 3.63) is 58.1 Å². The van der Waals surface area contributed by atoms with Crippen LogP contribution in [-0.2, 0) is 9.09 Å². The normalized spacial score (nSPS) is 17.7. The van der Waals surface area contributed by atoms with Gasteiger partial charge >= 0.3 is 0 Å². The number of nitrogens with one attached hydrogen (secondary N) is 1. The molecule has 1 unspecified atom stereocenters. The van der Waals surface area contributed by atoms with Crippen LogP contribution in [-0.4, -0.2) is 41.5 Å². The molecule has 0 spiro atoms. The van der Waals surface area contributed by atoms with Gasteiger partial charge in [0.25, 0.3) is 13.4 Å². The number of amides is 1. The molecule has 5 nitrogen and oxygen atoms in total. The molecule has 1 heterocycles. The van der Waals surface area contributed by atoms with Gasteiger partial charge in [0.1, 0.15) is 0 Å². The van der Waals surface area contributed by atoms with Crippen molar-refractivity contribution in [3.63, 3.8) is 0 Å². The van der Waals surface area contributed by atoms with Crippen LogP contribution in [0, 0.1) is 5.41 Å². The summed E-state index contributed by atoms with van der Waals surface area (Å²) in [6.45, 7) is 13.8. The van der Waals surface area contributed by atoms with Crippen molar-refractivity contribution in [2.75, 3.05) is 19.7 Å². The summed E-state index contributed by atoms with van der Waals surface area (Å²) < 4.78 is 22.1. The van der Waals surface area contributed by atoms with E-state index in [2.05, 4.69) is 26.1 Å². The van der Waals surface area contributed by atoms with Crippen LogP contribution in [0.5, 0.6) is 0 Å². The lowest BCUT2D eigenvalue weighted by molar-refractivity contribution is 0.0919. The summed E-state index contributed by atoms with van der Waals surface area (Å²) in [5, 5.41) is 3.77. The lowest BCUT2D eigenvalue weighted by Crippen LogP contribution is -2.45. The summed E-state index contributed by atoms with van der Waals surface area (Å²) in [4.78, 5) is 13.0. The second-order valence-electron chi connectivity index (χ2n) is 11.5. The minimum atomic E-state index is -3.04. The molecule has 1 fully saturated rings. The topological polar surface area (TPSA) is 58.6 Å². The summed E-state index contributed by atoms with van der Waals surface area (Å²) in [5.41, 5.74) is 2.24. The fraction of sp³-hybridized carbons (Fsp3) is 0.519. The molecule has 1 aliphatic heterocycles. The van der Waals surface area contributed by atoms with Crippen LogP contribution in [0.2, 0.25) is 10.0 Å². The molecular weight excluding hydrogens is 502 g/mol. The van der Waals surface area contributed by atoms with Crippen molar-refractivity contribution < 1.29 is 13.9 Å². The minimum Gasteiger partial charge on any atom is -0.349 e. The van der Waals surface area contributed by atoms with Crippen LogP contribution in [0.25, 0.3) is 11.1 Å². The largest absolute Gasteiger partial charge is 0.349 e. The molecule has 0 bridgehead atoms. The van der Waals surface area contributed by atoms with E-state index in [0.29, 0.717) is 48.1 Å². The number of hydrogen-bond donors (Lipinski definition) is 1. The molecular formula is C27H37Cl2N2O3P. The van der Waals surface area contributed by atoms with E-state index >= 15 is 0 Å². The number of halogens is 2. The standard InChI is InChI=1S/C27H37Cl2N2O3P/c1-26(2,3)18-34-35(33,27(4,5)6)31-12-10-24(11-13-31)30-25(32)20-9-7-8-19(14-20)21-15-22(28)17-23(29)16-21/h7-9,14-17,24H,10-13,18H2,1-6H3,(H,30,32). The van der Waals surface area contributed by atoms with Crippen molar-refractivity contribution in [3.8, 4) is 11.1 Å². The highest BCUT2D eigenvalue weighted by atomic mass is 35.5. The van der Waals surface area contributed by atoms with E-state index in [1.165, 1.54) is 0 Å². The molecule has 192 valence electrons. The quantitative estimate of drug-likeness (QED) is 0.379. The molecule has 0 radical (unpaired) electrons. The molecule has 0 aromatic heterocycles. The van der Waals surface area contributed by atoms with Gasteiger partial charge < -0.3 is 9.84 Å². The van der Waals surface area contributed by atoms with Crippen molar-refractivity contribution >= 4 is 36.6 Å². The number of carbonyl (C=O) groups is 1. The van der Waals surface area contributed by atoms with Gasteiger partial charge in [0.2, 0.25) is 0 Å². The van der Waals surface area contributed by atoms with E-state index < -0.39 is 12.7 Å². The Morgan fingerprint density at radius 2 is 1.60 bits per heavy atom. The minimum absolute atomic E-state index is 0.0130. The fourth-order valence-corrected chi connectivity index (χ4v) is 7.33. The molecule has 3 rings (SSSR count). The number of hydrogen-bond acceptors (Lipinski definition) is 3. The Labute approximate surface area is 220 Å². The zero-order chi connectivity index (χ0) is 26.0. The van der Waals surface area contributed by atoms with Gasteiger partial charge in [-0.2, -0.15) is 0 Å². The van der Waals surface area contributed by atoms with Gasteiger partial charge in [-0.05, 0) is 80.5 Å². The van der Waals surface area contributed by atoms with Crippen molar-refractivity contribution in [2.24, 2.45) is 5.41 Å². The fourth-order valence-electron chi connectivity index (χ4n) is 4.08. The SMILES string of the molecule is CC(C)(C)COP(=O)(N1CCC(NC(=O)c2cccc(-c3cc(Cl)cc(Cl)c3)c2)CC1)C(C)(C)C. The van der Waals surface area contributed by atoms with Gasteiger partial charge in [0, 0.05) is 34.7 Å². The first-order valence-corrected chi connectivity index (χ1v) is 14.4. The molecule has 8 heteroatoms. The second-order valence-corrected chi connectivity index (χ2v) is 15.5. The Bertz CT molecular complexity index is 1080. The van der Waals surface area contributed by atoms with E-state index in [1.807, 2.05) is 55.8 Å². The maximum absolute atomic E-state index is 14.0. The Morgan fingerprint density at radius 1 is 1.00 bits per heavy atom. The molecule has 0 saturated carbocycles. The van der Waals surface area contributed by atoms with Gasteiger partial charge in [0.05, 0.1) is 11.8 Å². The molecule has 1 N–H and O–H groups in total. The van der Waals surface area contributed by atoms with Crippen LogP contribution >= 0.6 is 30.7 Å². The average molecular weight is 539 g/mol. The smallest absolute Gasteiger partial charge is 0.277 e. The van der Waals surface area contributed by atoms with Crippen molar-refractivity contribution in [1.82, 2.24) is 9.99 Å². The van der Waals surface area contributed by atoms with Crippen molar-refractivity contribution in [1.29, 1.82) is 0 Å². The van der Waals surface area contributed by atoms with Crippen LogP contribution in [0.1, 0.15) is 64.7 Å². The van der Waals surface area contributed by atoms with Crippen molar-refractivity contribution in [2.45, 2.75) is 65.6 Å². The molecule has 1 atom stereocenters. The Morgan fingerprint density at radius 3 is 2.14 bits per heavy atom. The highest BCUT2D eigenvalue weighted by Gasteiger charge is 2.45. The van der Waals surface area contributed by atoms with E-state index in [4.69, 9.17) is 27.7 Å². The van der Waals surface area contributed by atoms with E-state index in [9.17, 15) is 9.36 Å². The first kappa shape index (κ1) is 28.2. The Balaban J connectivity index is 1.65. The maximum atomic E-state index is 14.0. The maximum Gasteiger partial charge on any atom is 0.277 e. The third kappa shape index (κ3) is 7.33. The number of benzene rings is 2. The molecule has 35 heavy (non-hydrogen) atoms. The van der Waals surface area contributed by atoms with Gasteiger partial charge in [-0.3, -0.25) is 9.36 Å². The predicted molar refractivity (Wildman–Crippen MR) is 147 cm³/mol. The average Bonchev–Trinajstić information content (AvgIpc) is 2.76. The molecule has 1 aliphatic rings. The van der Waals surface area contributed by atoms with Crippen LogP contribution in [0.4, 0.5) is 0 Å². The van der Waals surface area contributed by atoms with Crippen LogP contribution < -0.4 is 5.32 Å². The summed E-state index contributed by atoms with van der Waals surface area (Å²) >= 11 is 12.3. The van der Waals surface area contributed by atoms with E-state index in [-0.39, 0.29) is 17.4 Å². The van der Waals surface area contributed by atoms with Gasteiger partial charge in [0.15, 0.2) is 0 Å². The first-order chi connectivity index (χ1) is 16.2. The van der Waals surface area contributed by atoms with Crippen LogP contribution in [0.15, 0.2) is 42.5 Å². The summed E-state index contributed by atoms with van der Waals surface area (Å²) in [5.74, 6) is -0.124. The number of rotatable bonds is 6. The summed E-state index contributed by atoms with van der Waals surface area (Å²) in [6.07, 6.45) is 1.43. The molecule has 0 aliphatic carbocycles. The predicted octanol–water partition coefficient (Wildman–Crippen LogP) is 7.91. The van der Waals surface area contributed by atoms with Gasteiger partial charge in [-0.1, -0.05) is 56.1 Å². The molecule has 2 aromatic carbocycles. The second kappa shape index (κ2) is 10.9. The van der Waals surface area contributed by atoms with E-state index in [0.717, 1.165) is 11.1 Å². The molecule has 1 amide bonds. The Kier molecular flexibility index (Phi) is 8.82. The van der Waals surface area contributed by atoms with Crippen LogP contribution in [0.3, 0.4) is 0 Å². The number of carbonyl (C=O) groups excluding carboxylic acids is 1. The van der Waals surface area contributed by atoms with Gasteiger partial charge in [-0.25, -0.2) is 4.67 Å². The van der Waals surface area contributed by atoms with Gasteiger partial charge in [-0.15, -0.1) is 0 Å².